The second-order valence-electron chi connectivity index (χ2n) is 6.23. The van der Waals surface area contributed by atoms with E-state index in [0.717, 1.165) is 23.5 Å². The van der Waals surface area contributed by atoms with E-state index in [0.29, 0.717) is 6.42 Å². The highest BCUT2D eigenvalue weighted by Gasteiger charge is 2.21. The van der Waals surface area contributed by atoms with Gasteiger partial charge in [-0.15, -0.1) is 11.3 Å². The van der Waals surface area contributed by atoms with E-state index in [1.54, 1.807) is 6.33 Å². The van der Waals surface area contributed by atoms with E-state index in [9.17, 15) is 5.11 Å². The maximum atomic E-state index is 9.47. The van der Waals surface area contributed by atoms with E-state index in [1.807, 2.05) is 29.5 Å². The lowest BCUT2D eigenvalue weighted by Crippen LogP contribution is -2.14. The SMILES string of the molecule is OCC[C@@H](Nc1ncnc2sc3c(c12)CCCC3)c1ccccc1. The minimum absolute atomic E-state index is 0.0495. The van der Waals surface area contributed by atoms with E-state index in [-0.39, 0.29) is 12.6 Å². The van der Waals surface area contributed by atoms with Crippen molar-refractivity contribution in [1.82, 2.24) is 9.97 Å². The second kappa shape index (κ2) is 6.87. The molecule has 0 saturated carbocycles. The molecule has 124 valence electrons. The molecule has 1 aliphatic carbocycles. The van der Waals surface area contributed by atoms with Crippen LogP contribution in [0, 0.1) is 0 Å². The first-order valence-corrected chi connectivity index (χ1v) is 9.36. The third-order valence-corrected chi connectivity index (χ3v) is 5.88. The van der Waals surface area contributed by atoms with Crippen LogP contribution in [0.1, 0.15) is 41.3 Å². The molecule has 4 rings (SSSR count). The van der Waals surface area contributed by atoms with Crippen LogP contribution in [-0.2, 0) is 12.8 Å². The van der Waals surface area contributed by atoms with Crippen LogP contribution in [0.3, 0.4) is 0 Å². The Hall–Kier alpha value is -1.98. The molecule has 4 nitrogen and oxygen atoms in total. The molecule has 24 heavy (non-hydrogen) atoms. The molecule has 0 unspecified atom stereocenters. The van der Waals surface area contributed by atoms with Gasteiger partial charge in [0.05, 0.1) is 11.4 Å². The zero-order chi connectivity index (χ0) is 16.4. The van der Waals surface area contributed by atoms with E-state index < -0.39 is 0 Å². The first-order valence-electron chi connectivity index (χ1n) is 8.54. The van der Waals surface area contributed by atoms with Gasteiger partial charge in [0.25, 0.3) is 0 Å². The van der Waals surface area contributed by atoms with Crippen molar-refractivity contribution in [3.8, 4) is 0 Å². The number of aromatic nitrogens is 2. The number of aliphatic hydroxyl groups excluding tert-OH is 1. The van der Waals surface area contributed by atoms with Crippen LogP contribution in [0.2, 0.25) is 0 Å². The molecule has 5 heteroatoms. The van der Waals surface area contributed by atoms with Crippen LogP contribution in [0.15, 0.2) is 36.7 Å². The van der Waals surface area contributed by atoms with Crippen LogP contribution in [0.4, 0.5) is 5.82 Å². The molecule has 2 N–H and O–H groups in total. The third kappa shape index (κ3) is 2.89. The van der Waals surface area contributed by atoms with Crippen LogP contribution in [0.5, 0.6) is 0 Å². The van der Waals surface area contributed by atoms with Crippen molar-refractivity contribution in [3.05, 3.63) is 52.7 Å². The van der Waals surface area contributed by atoms with Crippen molar-refractivity contribution in [2.75, 3.05) is 11.9 Å². The van der Waals surface area contributed by atoms with Crippen molar-refractivity contribution in [3.63, 3.8) is 0 Å². The highest BCUT2D eigenvalue weighted by Crippen LogP contribution is 2.39. The Morgan fingerprint density at radius 1 is 1.12 bits per heavy atom. The van der Waals surface area contributed by atoms with Crippen molar-refractivity contribution < 1.29 is 5.11 Å². The average molecular weight is 339 g/mol. The second-order valence-corrected chi connectivity index (χ2v) is 7.32. The van der Waals surface area contributed by atoms with E-state index in [2.05, 4.69) is 27.4 Å². The number of rotatable bonds is 5. The molecule has 1 aliphatic rings. The number of anilines is 1. The summed E-state index contributed by atoms with van der Waals surface area (Å²) in [4.78, 5) is 11.6. The van der Waals surface area contributed by atoms with Gasteiger partial charge in [0, 0.05) is 11.5 Å². The van der Waals surface area contributed by atoms with Crippen molar-refractivity contribution in [2.24, 2.45) is 0 Å². The summed E-state index contributed by atoms with van der Waals surface area (Å²) in [7, 11) is 0. The summed E-state index contributed by atoms with van der Waals surface area (Å²) < 4.78 is 0. The Kier molecular flexibility index (Phi) is 4.45. The van der Waals surface area contributed by atoms with Gasteiger partial charge < -0.3 is 10.4 Å². The number of fused-ring (bicyclic) bond motifs is 3. The quantitative estimate of drug-likeness (QED) is 0.734. The largest absolute Gasteiger partial charge is 0.396 e. The molecule has 3 aromatic rings. The molecular formula is C19H21N3OS. The van der Waals surface area contributed by atoms with Crippen LogP contribution in [0.25, 0.3) is 10.2 Å². The lowest BCUT2D eigenvalue weighted by molar-refractivity contribution is 0.280. The smallest absolute Gasteiger partial charge is 0.138 e. The molecule has 0 amide bonds. The van der Waals surface area contributed by atoms with Gasteiger partial charge in [-0.25, -0.2) is 9.97 Å². The molecule has 0 radical (unpaired) electrons. The summed E-state index contributed by atoms with van der Waals surface area (Å²) in [6, 6.07) is 10.3. The Morgan fingerprint density at radius 2 is 1.96 bits per heavy atom. The van der Waals surface area contributed by atoms with Crippen LogP contribution in [-0.4, -0.2) is 21.7 Å². The number of hydrogen-bond acceptors (Lipinski definition) is 5. The minimum Gasteiger partial charge on any atom is -0.396 e. The van der Waals surface area contributed by atoms with Gasteiger partial charge in [-0.05, 0) is 43.2 Å². The molecule has 0 fully saturated rings. The maximum Gasteiger partial charge on any atom is 0.138 e. The predicted octanol–water partition coefficient (Wildman–Crippen LogP) is 4.11. The topological polar surface area (TPSA) is 58.0 Å². The average Bonchev–Trinajstić information content (AvgIpc) is 3.01. The Balaban J connectivity index is 1.74. The van der Waals surface area contributed by atoms with E-state index >= 15 is 0 Å². The first-order chi connectivity index (χ1) is 11.9. The number of aliphatic hydroxyl groups is 1. The molecule has 1 atom stereocenters. The number of nitrogens with zero attached hydrogens (tertiary/aromatic N) is 2. The third-order valence-electron chi connectivity index (χ3n) is 4.68. The summed E-state index contributed by atoms with van der Waals surface area (Å²) >= 11 is 1.81. The Bertz CT molecular complexity index is 831. The summed E-state index contributed by atoms with van der Waals surface area (Å²) in [6.45, 7) is 0.141. The lowest BCUT2D eigenvalue weighted by atomic mass is 9.96. The van der Waals surface area contributed by atoms with E-state index in [1.165, 1.54) is 34.2 Å². The zero-order valence-corrected chi connectivity index (χ0v) is 14.4. The molecular weight excluding hydrogens is 318 g/mol. The predicted molar refractivity (Wildman–Crippen MR) is 98.6 cm³/mol. The fourth-order valence-electron chi connectivity index (χ4n) is 3.50. The molecule has 0 bridgehead atoms. The summed E-state index contributed by atoms with van der Waals surface area (Å²) in [5, 5.41) is 14.2. The minimum atomic E-state index is 0.0495. The summed E-state index contributed by atoms with van der Waals surface area (Å²) in [5.74, 6) is 0.904. The summed E-state index contributed by atoms with van der Waals surface area (Å²) in [5.41, 5.74) is 2.60. The Labute approximate surface area is 145 Å². The highest BCUT2D eigenvalue weighted by molar-refractivity contribution is 7.19. The van der Waals surface area contributed by atoms with Crippen LogP contribution < -0.4 is 5.32 Å². The number of aryl methyl sites for hydroxylation is 2. The van der Waals surface area contributed by atoms with Crippen molar-refractivity contribution >= 4 is 27.4 Å². The molecule has 0 saturated heterocycles. The highest BCUT2D eigenvalue weighted by atomic mass is 32.1. The number of hydrogen-bond donors (Lipinski definition) is 2. The fraction of sp³-hybridized carbons (Fsp3) is 0.368. The van der Waals surface area contributed by atoms with Gasteiger partial charge in [-0.3, -0.25) is 0 Å². The number of thiophene rings is 1. The summed E-state index contributed by atoms with van der Waals surface area (Å²) in [6.07, 6.45) is 7.09. The zero-order valence-electron chi connectivity index (χ0n) is 13.5. The molecule has 2 aromatic heterocycles. The number of benzene rings is 1. The maximum absolute atomic E-state index is 9.47. The standard InChI is InChI=1S/C19H21N3OS/c23-11-10-15(13-6-2-1-3-7-13)22-18-17-14-8-4-5-9-16(14)24-19(17)21-12-20-18/h1-3,6-7,12,15,23H,4-5,8-11H2,(H,20,21,22)/t15-/m1/s1. The molecule has 2 heterocycles. The lowest BCUT2D eigenvalue weighted by Gasteiger charge is -2.20. The van der Waals surface area contributed by atoms with Gasteiger partial charge in [0.15, 0.2) is 0 Å². The van der Waals surface area contributed by atoms with Gasteiger partial charge in [0.1, 0.15) is 17.0 Å². The van der Waals surface area contributed by atoms with Crippen LogP contribution >= 0.6 is 11.3 Å². The van der Waals surface area contributed by atoms with Gasteiger partial charge in [0.2, 0.25) is 0 Å². The molecule has 0 spiro atoms. The first kappa shape index (κ1) is 15.5. The van der Waals surface area contributed by atoms with Gasteiger partial charge in [-0.1, -0.05) is 30.3 Å². The van der Waals surface area contributed by atoms with Crippen molar-refractivity contribution in [2.45, 2.75) is 38.1 Å². The van der Waals surface area contributed by atoms with Gasteiger partial charge in [-0.2, -0.15) is 0 Å². The fourth-order valence-corrected chi connectivity index (χ4v) is 4.73. The molecule has 1 aromatic carbocycles. The molecule has 0 aliphatic heterocycles. The van der Waals surface area contributed by atoms with E-state index in [4.69, 9.17) is 0 Å². The monoisotopic (exact) mass is 339 g/mol. The normalized spacial score (nSPS) is 15.2. The van der Waals surface area contributed by atoms with Gasteiger partial charge >= 0.3 is 0 Å². The Morgan fingerprint density at radius 3 is 2.79 bits per heavy atom. The van der Waals surface area contributed by atoms with Crippen molar-refractivity contribution in [1.29, 1.82) is 0 Å². The number of nitrogens with one attached hydrogen (secondary N) is 1.